The Morgan fingerprint density at radius 3 is 2.43 bits per heavy atom. The molecule has 0 radical (unpaired) electrons. The Bertz CT molecular complexity index is 598. The molecule has 118 valence electrons. The van der Waals surface area contributed by atoms with E-state index in [2.05, 4.69) is 5.32 Å². The molecule has 21 heavy (non-hydrogen) atoms. The summed E-state index contributed by atoms with van der Waals surface area (Å²) in [5, 5.41) is 2.82. The zero-order valence-electron chi connectivity index (χ0n) is 11.5. The second kappa shape index (κ2) is 5.94. The van der Waals surface area contributed by atoms with E-state index in [1.165, 1.54) is 12.1 Å². The minimum atomic E-state index is -4.55. The number of nitrogens with zero attached hydrogens (tertiary/aromatic N) is 1. The van der Waals surface area contributed by atoms with Gasteiger partial charge in [-0.15, -0.1) is 0 Å². The van der Waals surface area contributed by atoms with Crippen LogP contribution in [0.15, 0.2) is 29.2 Å². The van der Waals surface area contributed by atoms with Gasteiger partial charge in [-0.1, -0.05) is 18.2 Å². The van der Waals surface area contributed by atoms with Gasteiger partial charge < -0.3 is 5.32 Å². The van der Waals surface area contributed by atoms with Crippen molar-refractivity contribution in [2.24, 2.45) is 0 Å². The molecule has 0 bridgehead atoms. The maximum absolute atomic E-state index is 12.7. The second-order valence-electron chi connectivity index (χ2n) is 5.03. The maximum atomic E-state index is 12.7. The van der Waals surface area contributed by atoms with Crippen LogP contribution in [0, 0.1) is 0 Å². The standard InChI is InChI=1S/C13H17F3N2O2S/c1-17-8-10-4-2-3-5-12(10)21(19,20)18(11-6-7-11)9-13(14,15)16/h2-5,11,17H,6-9H2,1H3. The Hall–Kier alpha value is -1.12. The lowest BCUT2D eigenvalue weighted by Gasteiger charge is -2.24. The van der Waals surface area contributed by atoms with Crippen molar-refractivity contribution in [3.8, 4) is 0 Å². The van der Waals surface area contributed by atoms with Gasteiger partial charge in [0.25, 0.3) is 0 Å². The highest BCUT2D eigenvalue weighted by Gasteiger charge is 2.45. The summed E-state index contributed by atoms with van der Waals surface area (Å²) >= 11 is 0. The lowest BCUT2D eigenvalue weighted by atomic mass is 10.2. The largest absolute Gasteiger partial charge is 0.402 e. The molecule has 1 saturated carbocycles. The molecule has 0 atom stereocenters. The van der Waals surface area contributed by atoms with Crippen molar-refractivity contribution in [3.63, 3.8) is 0 Å². The predicted octanol–water partition coefficient (Wildman–Crippen LogP) is 2.12. The monoisotopic (exact) mass is 322 g/mol. The molecule has 1 aliphatic carbocycles. The second-order valence-corrected chi connectivity index (χ2v) is 6.89. The molecule has 8 heteroatoms. The van der Waals surface area contributed by atoms with E-state index in [1.54, 1.807) is 19.2 Å². The fourth-order valence-electron chi connectivity index (χ4n) is 2.17. The van der Waals surface area contributed by atoms with E-state index in [9.17, 15) is 21.6 Å². The van der Waals surface area contributed by atoms with Crippen molar-refractivity contribution >= 4 is 10.0 Å². The summed E-state index contributed by atoms with van der Waals surface area (Å²) < 4.78 is 63.8. The summed E-state index contributed by atoms with van der Waals surface area (Å²) in [5.74, 6) is 0. The number of halogens is 3. The first-order valence-corrected chi connectivity index (χ1v) is 8.01. The van der Waals surface area contributed by atoms with Crippen LogP contribution in [0.3, 0.4) is 0 Å². The van der Waals surface area contributed by atoms with Gasteiger partial charge in [0.2, 0.25) is 10.0 Å². The Balaban J connectivity index is 2.39. The van der Waals surface area contributed by atoms with Gasteiger partial charge >= 0.3 is 6.18 Å². The zero-order chi connectivity index (χ0) is 15.7. The highest BCUT2D eigenvalue weighted by molar-refractivity contribution is 7.89. The maximum Gasteiger partial charge on any atom is 0.402 e. The predicted molar refractivity (Wildman–Crippen MR) is 72.2 cm³/mol. The lowest BCUT2D eigenvalue weighted by molar-refractivity contribution is -0.137. The SMILES string of the molecule is CNCc1ccccc1S(=O)(=O)N(CC(F)(F)F)C1CC1. The number of rotatable bonds is 6. The van der Waals surface area contributed by atoms with Gasteiger partial charge in [0, 0.05) is 12.6 Å². The molecule has 1 fully saturated rings. The first-order chi connectivity index (χ1) is 9.75. The van der Waals surface area contributed by atoms with Gasteiger partial charge in [0.15, 0.2) is 0 Å². The molecule has 4 nitrogen and oxygen atoms in total. The first kappa shape index (κ1) is 16.3. The van der Waals surface area contributed by atoms with E-state index in [0.717, 1.165) is 0 Å². The van der Waals surface area contributed by atoms with E-state index < -0.39 is 28.8 Å². The molecule has 0 aromatic heterocycles. The third-order valence-corrected chi connectivity index (χ3v) is 5.21. The first-order valence-electron chi connectivity index (χ1n) is 6.57. The summed E-state index contributed by atoms with van der Waals surface area (Å²) in [7, 11) is -2.50. The summed E-state index contributed by atoms with van der Waals surface area (Å²) in [6, 6.07) is 5.59. The lowest BCUT2D eigenvalue weighted by Crippen LogP contribution is -2.40. The normalized spacial score (nSPS) is 16.4. The molecular weight excluding hydrogens is 305 g/mol. The third-order valence-electron chi connectivity index (χ3n) is 3.22. The quantitative estimate of drug-likeness (QED) is 0.873. The fraction of sp³-hybridized carbons (Fsp3) is 0.538. The molecule has 0 saturated heterocycles. The zero-order valence-corrected chi connectivity index (χ0v) is 12.3. The number of benzene rings is 1. The van der Waals surface area contributed by atoms with Gasteiger partial charge in [0.05, 0.1) is 4.90 Å². The minimum Gasteiger partial charge on any atom is -0.316 e. The van der Waals surface area contributed by atoms with Crippen LogP contribution in [0.4, 0.5) is 13.2 Å². The van der Waals surface area contributed by atoms with Crippen molar-refractivity contribution < 1.29 is 21.6 Å². The molecule has 0 unspecified atom stereocenters. The number of alkyl halides is 3. The topological polar surface area (TPSA) is 49.4 Å². The van der Waals surface area contributed by atoms with E-state index >= 15 is 0 Å². The van der Waals surface area contributed by atoms with E-state index in [-0.39, 0.29) is 11.4 Å². The van der Waals surface area contributed by atoms with Crippen molar-refractivity contribution in [1.82, 2.24) is 9.62 Å². The van der Waals surface area contributed by atoms with E-state index in [4.69, 9.17) is 0 Å². The molecule has 0 spiro atoms. The van der Waals surface area contributed by atoms with Crippen LogP contribution in [-0.2, 0) is 16.6 Å². The molecule has 1 aromatic rings. The van der Waals surface area contributed by atoms with Crippen LogP contribution >= 0.6 is 0 Å². The molecule has 0 amide bonds. The van der Waals surface area contributed by atoms with Crippen LogP contribution in [0.5, 0.6) is 0 Å². The highest BCUT2D eigenvalue weighted by Crippen LogP contribution is 2.35. The number of sulfonamides is 1. The van der Waals surface area contributed by atoms with Crippen LogP contribution in [-0.4, -0.2) is 38.5 Å². The van der Waals surface area contributed by atoms with Gasteiger partial charge in [-0.2, -0.15) is 17.5 Å². The molecule has 0 aliphatic heterocycles. The van der Waals surface area contributed by atoms with Gasteiger partial charge in [0.1, 0.15) is 6.54 Å². The average molecular weight is 322 g/mol. The van der Waals surface area contributed by atoms with Crippen molar-refractivity contribution in [3.05, 3.63) is 29.8 Å². The molecule has 1 aliphatic rings. The molecule has 1 aromatic carbocycles. The van der Waals surface area contributed by atoms with Gasteiger partial charge in [-0.3, -0.25) is 0 Å². The summed E-state index contributed by atoms with van der Waals surface area (Å²) in [6.45, 7) is -1.16. The minimum absolute atomic E-state index is 0.0597. The van der Waals surface area contributed by atoms with Crippen LogP contribution in [0.2, 0.25) is 0 Å². The fourth-order valence-corrected chi connectivity index (χ4v) is 4.06. The highest BCUT2D eigenvalue weighted by atomic mass is 32.2. The van der Waals surface area contributed by atoms with Crippen molar-refractivity contribution in [1.29, 1.82) is 0 Å². The average Bonchev–Trinajstić information content (AvgIpc) is 3.20. The molecule has 1 N–H and O–H groups in total. The van der Waals surface area contributed by atoms with Gasteiger partial charge in [-0.25, -0.2) is 8.42 Å². The van der Waals surface area contributed by atoms with Crippen molar-refractivity contribution in [2.75, 3.05) is 13.6 Å². The third kappa shape index (κ3) is 3.96. The molecule has 0 heterocycles. The van der Waals surface area contributed by atoms with Crippen molar-refractivity contribution in [2.45, 2.75) is 36.5 Å². The molecular formula is C13H17F3N2O2S. The number of hydrogen-bond acceptors (Lipinski definition) is 3. The Labute approximate surface area is 122 Å². The Kier molecular flexibility index (Phi) is 4.60. The molecule has 2 rings (SSSR count). The van der Waals surface area contributed by atoms with E-state index in [0.29, 0.717) is 22.7 Å². The van der Waals surface area contributed by atoms with E-state index in [1.807, 2.05) is 0 Å². The van der Waals surface area contributed by atoms with Crippen LogP contribution in [0.1, 0.15) is 18.4 Å². The summed E-state index contributed by atoms with van der Waals surface area (Å²) in [5.41, 5.74) is 0.466. The number of hydrogen-bond donors (Lipinski definition) is 1. The smallest absolute Gasteiger partial charge is 0.316 e. The van der Waals surface area contributed by atoms with Crippen LogP contribution < -0.4 is 5.32 Å². The van der Waals surface area contributed by atoms with Crippen LogP contribution in [0.25, 0.3) is 0 Å². The summed E-state index contributed by atoms with van der Waals surface area (Å²) in [4.78, 5) is -0.0597. The Morgan fingerprint density at radius 1 is 1.29 bits per heavy atom. The number of nitrogens with one attached hydrogen (secondary N) is 1. The van der Waals surface area contributed by atoms with Gasteiger partial charge in [-0.05, 0) is 31.5 Å². The summed E-state index contributed by atoms with van der Waals surface area (Å²) in [6.07, 6.45) is -3.60. The Morgan fingerprint density at radius 2 is 1.90 bits per heavy atom.